The van der Waals surface area contributed by atoms with Crippen LogP contribution in [0.3, 0.4) is 0 Å². The molecule has 0 nitrogen and oxygen atoms in total. The highest BCUT2D eigenvalue weighted by Gasteiger charge is 2.09. The van der Waals surface area contributed by atoms with E-state index >= 15 is 0 Å². The lowest BCUT2D eigenvalue weighted by Crippen LogP contribution is -2.07. The fourth-order valence-corrected chi connectivity index (χ4v) is 2.43. The van der Waals surface area contributed by atoms with Crippen LogP contribution < -0.4 is 0 Å². The summed E-state index contributed by atoms with van der Waals surface area (Å²) in [7, 11) is 0. The lowest BCUT2D eigenvalue weighted by molar-refractivity contribution is 0.360. The Hall–Kier alpha value is 0. The summed E-state index contributed by atoms with van der Waals surface area (Å²) in [6.45, 7) is 11.0. The molecule has 16 heavy (non-hydrogen) atoms. The van der Waals surface area contributed by atoms with Gasteiger partial charge >= 0.3 is 0 Å². The van der Waals surface area contributed by atoms with E-state index < -0.39 is 0 Å². The van der Waals surface area contributed by atoms with Gasteiger partial charge in [-0.1, -0.05) is 91.9 Å². The molecule has 0 heteroatoms. The van der Waals surface area contributed by atoms with Crippen LogP contribution in [0.15, 0.2) is 0 Å². The molecule has 0 N–H and O–H groups in total. The summed E-state index contributed by atoms with van der Waals surface area (Å²) < 4.78 is 0. The predicted octanol–water partition coefficient (Wildman–Crippen LogP) is 6.01. The van der Waals surface area contributed by atoms with Gasteiger partial charge in [0.2, 0.25) is 0 Å². The standard InChI is InChI=1S/C16H33/c1-5-7-8-9-10-11-12-13-14-16(6-2)15(3)4/h15-16H,3,5-14H2,1-2,4H3. The van der Waals surface area contributed by atoms with Crippen molar-refractivity contribution in [3.63, 3.8) is 0 Å². The van der Waals surface area contributed by atoms with E-state index in [4.69, 9.17) is 0 Å². The number of hydrogen-bond acceptors (Lipinski definition) is 0. The van der Waals surface area contributed by atoms with Crippen LogP contribution in [0.5, 0.6) is 0 Å². The van der Waals surface area contributed by atoms with Crippen molar-refractivity contribution in [2.24, 2.45) is 11.8 Å². The molecule has 0 spiro atoms. The minimum Gasteiger partial charge on any atom is -0.0654 e. The molecule has 0 saturated heterocycles. The van der Waals surface area contributed by atoms with Gasteiger partial charge in [-0.3, -0.25) is 0 Å². The molecule has 0 amide bonds. The first-order valence-electron chi connectivity index (χ1n) is 7.55. The Balaban J connectivity index is 3.19. The molecule has 0 rings (SSSR count). The monoisotopic (exact) mass is 225 g/mol. The Morgan fingerprint density at radius 2 is 1.31 bits per heavy atom. The average Bonchev–Trinajstić information content (AvgIpc) is 2.26. The van der Waals surface area contributed by atoms with E-state index in [0.717, 1.165) is 5.92 Å². The maximum Gasteiger partial charge on any atom is -0.0391 e. The topological polar surface area (TPSA) is 0 Å². The van der Waals surface area contributed by atoms with Gasteiger partial charge in [-0.2, -0.15) is 0 Å². The Kier molecular flexibility index (Phi) is 11.5. The molecule has 0 aliphatic heterocycles. The summed E-state index contributed by atoms with van der Waals surface area (Å²) in [5.74, 6) is 1.50. The highest BCUT2D eigenvalue weighted by molar-refractivity contribution is 4.66. The second kappa shape index (κ2) is 11.5. The van der Waals surface area contributed by atoms with Crippen molar-refractivity contribution in [2.75, 3.05) is 0 Å². The lowest BCUT2D eigenvalue weighted by Gasteiger charge is -2.18. The minimum absolute atomic E-state index is 0.634. The number of rotatable bonds is 11. The van der Waals surface area contributed by atoms with Gasteiger partial charge in [0, 0.05) is 0 Å². The summed E-state index contributed by atoms with van der Waals surface area (Å²) in [5, 5.41) is 0. The molecule has 0 aromatic heterocycles. The van der Waals surface area contributed by atoms with Crippen molar-refractivity contribution in [3.8, 4) is 0 Å². The van der Waals surface area contributed by atoms with Crippen LogP contribution in [-0.4, -0.2) is 0 Å². The van der Waals surface area contributed by atoms with Crippen molar-refractivity contribution in [1.82, 2.24) is 0 Å². The number of hydrogen-bond donors (Lipinski definition) is 0. The molecular weight excluding hydrogens is 192 g/mol. The van der Waals surface area contributed by atoms with Gasteiger partial charge < -0.3 is 0 Å². The van der Waals surface area contributed by atoms with Crippen LogP contribution in [0.1, 0.15) is 85.0 Å². The quantitative estimate of drug-likeness (QED) is 0.377. The molecule has 0 heterocycles. The van der Waals surface area contributed by atoms with Gasteiger partial charge in [-0.15, -0.1) is 0 Å². The molecule has 0 aromatic carbocycles. The molecule has 0 aliphatic rings. The Morgan fingerprint density at radius 3 is 1.75 bits per heavy atom. The third kappa shape index (κ3) is 9.24. The molecule has 1 radical (unpaired) electrons. The summed E-state index contributed by atoms with van der Waals surface area (Å²) in [6.07, 6.45) is 14.2. The van der Waals surface area contributed by atoms with E-state index in [0.29, 0.717) is 5.92 Å². The summed E-state index contributed by atoms with van der Waals surface area (Å²) in [6, 6.07) is 0. The second-order valence-electron chi connectivity index (χ2n) is 5.41. The Morgan fingerprint density at radius 1 is 0.812 bits per heavy atom. The number of unbranched alkanes of at least 4 members (excludes halogenated alkanes) is 7. The molecule has 2 atom stereocenters. The highest BCUT2D eigenvalue weighted by Crippen LogP contribution is 2.22. The highest BCUT2D eigenvalue weighted by atomic mass is 14.2. The lowest BCUT2D eigenvalue weighted by atomic mass is 9.88. The van der Waals surface area contributed by atoms with Gasteiger partial charge in [0.15, 0.2) is 0 Å². The molecular formula is C16H33. The van der Waals surface area contributed by atoms with Crippen LogP contribution >= 0.6 is 0 Å². The minimum atomic E-state index is 0.634. The largest absolute Gasteiger partial charge is 0.0654 e. The van der Waals surface area contributed by atoms with Crippen molar-refractivity contribution in [2.45, 2.75) is 85.0 Å². The van der Waals surface area contributed by atoms with E-state index in [1.807, 2.05) is 0 Å². The zero-order valence-electron chi connectivity index (χ0n) is 11.9. The van der Waals surface area contributed by atoms with Crippen molar-refractivity contribution < 1.29 is 0 Å². The van der Waals surface area contributed by atoms with E-state index in [1.165, 1.54) is 64.2 Å². The average molecular weight is 225 g/mol. The van der Waals surface area contributed by atoms with E-state index in [9.17, 15) is 0 Å². The fraction of sp³-hybridized carbons (Fsp3) is 0.938. The normalized spacial score (nSPS) is 13.3. The zero-order valence-corrected chi connectivity index (χ0v) is 11.9. The van der Waals surface area contributed by atoms with Crippen LogP contribution in [-0.2, 0) is 0 Å². The molecule has 97 valence electrons. The van der Waals surface area contributed by atoms with Crippen LogP contribution in [0, 0.1) is 18.8 Å². The van der Waals surface area contributed by atoms with Crippen molar-refractivity contribution >= 4 is 0 Å². The first-order valence-corrected chi connectivity index (χ1v) is 7.55. The Bertz CT molecular complexity index is 126. The predicted molar refractivity (Wildman–Crippen MR) is 75.5 cm³/mol. The van der Waals surface area contributed by atoms with Gasteiger partial charge in [0.1, 0.15) is 0 Å². The van der Waals surface area contributed by atoms with Crippen molar-refractivity contribution in [3.05, 3.63) is 6.92 Å². The van der Waals surface area contributed by atoms with Crippen molar-refractivity contribution in [1.29, 1.82) is 0 Å². The summed E-state index contributed by atoms with van der Waals surface area (Å²) in [5.41, 5.74) is 0. The molecule has 0 bridgehead atoms. The summed E-state index contributed by atoms with van der Waals surface area (Å²) >= 11 is 0. The first kappa shape index (κ1) is 16.0. The molecule has 2 unspecified atom stereocenters. The van der Waals surface area contributed by atoms with Gasteiger partial charge in [-0.05, 0) is 11.8 Å². The smallest absolute Gasteiger partial charge is 0.0391 e. The van der Waals surface area contributed by atoms with Crippen LogP contribution in [0.4, 0.5) is 0 Å². The molecule has 0 saturated carbocycles. The second-order valence-corrected chi connectivity index (χ2v) is 5.41. The molecule has 0 aliphatic carbocycles. The van der Waals surface area contributed by atoms with Crippen LogP contribution in [0.2, 0.25) is 0 Å². The van der Waals surface area contributed by atoms with Gasteiger partial charge in [0.05, 0.1) is 0 Å². The van der Waals surface area contributed by atoms with E-state index in [1.54, 1.807) is 0 Å². The Labute approximate surface area is 104 Å². The summed E-state index contributed by atoms with van der Waals surface area (Å²) in [4.78, 5) is 0. The zero-order chi connectivity index (χ0) is 12.2. The molecule has 0 aromatic rings. The SMILES string of the molecule is [CH2]C(C)C(CC)CCCCCCCCCC. The van der Waals surface area contributed by atoms with E-state index in [2.05, 4.69) is 27.7 Å². The molecule has 0 fully saturated rings. The fourth-order valence-electron chi connectivity index (χ4n) is 2.43. The maximum atomic E-state index is 4.16. The maximum absolute atomic E-state index is 4.16. The van der Waals surface area contributed by atoms with Gasteiger partial charge in [0.25, 0.3) is 0 Å². The third-order valence-corrected chi connectivity index (χ3v) is 3.76. The van der Waals surface area contributed by atoms with E-state index in [-0.39, 0.29) is 0 Å². The van der Waals surface area contributed by atoms with Crippen LogP contribution in [0.25, 0.3) is 0 Å². The third-order valence-electron chi connectivity index (χ3n) is 3.76. The first-order chi connectivity index (χ1) is 7.72. The van der Waals surface area contributed by atoms with Gasteiger partial charge in [-0.25, -0.2) is 0 Å².